The van der Waals surface area contributed by atoms with Crippen molar-refractivity contribution >= 4 is 6.02 Å². The minimum absolute atomic E-state index is 0.0487. The van der Waals surface area contributed by atoms with Crippen LogP contribution in [0.3, 0.4) is 0 Å². The van der Waals surface area contributed by atoms with Crippen LogP contribution in [0.15, 0.2) is 29.3 Å². The number of benzene rings is 1. The first kappa shape index (κ1) is 14.9. The van der Waals surface area contributed by atoms with E-state index in [4.69, 9.17) is 15.2 Å². The smallest absolute Gasteiger partial charge is 0.282 e. The van der Waals surface area contributed by atoms with Gasteiger partial charge in [0.15, 0.2) is 6.10 Å². The molecule has 0 unspecified atom stereocenters. The zero-order valence-electron chi connectivity index (χ0n) is 13.6. The number of amidine groups is 1. The number of nitrogens with zero attached hydrogens (tertiary/aromatic N) is 1. The molecule has 2 fully saturated rings. The molecule has 1 aromatic rings. The third kappa shape index (κ3) is 3.17. The van der Waals surface area contributed by atoms with Crippen LogP contribution in [0, 0.1) is 11.8 Å². The molecule has 4 nitrogen and oxygen atoms in total. The maximum atomic E-state index is 5.82. The Hall–Kier alpha value is -1.71. The number of ether oxygens (including phenoxy) is 2. The summed E-state index contributed by atoms with van der Waals surface area (Å²) in [6.45, 7) is 1.09. The quantitative estimate of drug-likeness (QED) is 0.926. The molecule has 0 aromatic heterocycles. The topological polar surface area (TPSA) is 56.8 Å². The van der Waals surface area contributed by atoms with Gasteiger partial charge in [0.25, 0.3) is 6.02 Å². The van der Waals surface area contributed by atoms with Crippen molar-refractivity contribution in [2.75, 3.05) is 13.2 Å². The number of nitrogens with two attached hydrogens (primary N) is 1. The second kappa shape index (κ2) is 6.42. The van der Waals surface area contributed by atoms with Gasteiger partial charge in [0.2, 0.25) is 0 Å². The van der Waals surface area contributed by atoms with Gasteiger partial charge in [-0.3, -0.25) is 0 Å². The lowest BCUT2D eigenvalue weighted by Gasteiger charge is -2.43. The second-order valence-electron chi connectivity index (χ2n) is 7.21. The fourth-order valence-corrected chi connectivity index (χ4v) is 4.72. The Bertz CT molecular complexity index is 547. The molecular weight excluding hydrogens is 288 g/mol. The Morgan fingerprint density at radius 3 is 2.26 bits per heavy atom. The molecule has 3 aliphatic rings. The molecule has 2 bridgehead atoms. The van der Waals surface area contributed by atoms with Crippen molar-refractivity contribution in [3.05, 3.63) is 29.8 Å². The van der Waals surface area contributed by atoms with Crippen LogP contribution in [0.25, 0.3) is 0 Å². The highest BCUT2D eigenvalue weighted by Gasteiger charge is 2.36. The van der Waals surface area contributed by atoms with E-state index in [2.05, 4.69) is 29.3 Å². The van der Waals surface area contributed by atoms with Gasteiger partial charge >= 0.3 is 0 Å². The van der Waals surface area contributed by atoms with Crippen molar-refractivity contribution in [3.63, 3.8) is 0 Å². The van der Waals surface area contributed by atoms with Crippen molar-refractivity contribution in [3.8, 4) is 5.75 Å². The minimum atomic E-state index is -0.0487. The summed E-state index contributed by atoms with van der Waals surface area (Å²) in [5.74, 6) is 3.49. The van der Waals surface area contributed by atoms with E-state index in [1.165, 1.54) is 44.1 Å². The molecule has 0 radical (unpaired) electrons. The third-order valence-corrected chi connectivity index (χ3v) is 5.75. The SMILES string of the molecule is NC1=NC[C@@H](COc2ccc(C3C4CCCC3CCC4)cc2)O1. The van der Waals surface area contributed by atoms with Crippen LogP contribution >= 0.6 is 0 Å². The first-order valence-corrected chi connectivity index (χ1v) is 8.99. The number of hydrogen-bond acceptors (Lipinski definition) is 4. The summed E-state index contributed by atoms with van der Waals surface area (Å²) in [6.07, 6.45) is 8.48. The Balaban J connectivity index is 1.38. The first-order valence-electron chi connectivity index (χ1n) is 8.99. The summed E-state index contributed by atoms with van der Waals surface area (Å²) in [7, 11) is 0. The summed E-state index contributed by atoms with van der Waals surface area (Å²) >= 11 is 0. The minimum Gasteiger partial charge on any atom is -0.490 e. The summed E-state index contributed by atoms with van der Waals surface area (Å²) in [5, 5.41) is 0. The van der Waals surface area contributed by atoms with Crippen LogP contribution in [0.2, 0.25) is 0 Å². The molecule has 0 saturated heterocycles. The van der Waals surface area contributed by atoms with E-state index in [-0.39, 0.29) is 12.1 Å². The normalized spacial score (nSPS) is 33.0. The van der Waals surface area contributed by atoms with Crippen molar-refractivity contribution in [2.24, 2.45) is 22.6 Å². The Kier molecular flexibility index (Phi) is 4.15. The van der Waals surface area contributed by atoms with E-state index in [9.17, 15) is 0 Å². The van der Waals surface area contributed by atoms with Crippen molar-refractivity contribution in [1.29, 1.82) is 0 Å². The molecule has 1 heterocycles. The fraction of sp³-hybridized carbons (Fsp3) is 0.632. The van der Waals surface area contributed by atoms with Gasteiger partial charge in [-0.25, -0.2) is 4.99 Å². The summed E-state index contributed by atoms with van der Waals surface area (Å²) in [5.41, 5.74) is 7.02. The average molecular weight is 314 g/mol. The predicted octanol–water partition coefficient (Wildman–Crippen LogP) is 3.46. The lowest BCUT2D eigenvalue weighted by Crippen LogP contribution is -2.30. The molecule has 4 heteroatoms. The van der Waals surface area contributed by atoms with Gasteiger partial charge in [-0.05, 0) is 61.1 Å². The van der Waals surface area contributed by atoms with Crippen LogP contribution in [0.5, 0.6) is 5.75 Å². The highest BCUT2D eigenvalue weighted by Crippen LogP contribution is 2.49. The van der Waals surface area contributed by atoms with Crippen LogP contribution in [0.1, 0.15) is 50.0 Å². The van der Waals surface area contributed by atoms with Crippen molar-refractivity contribution < 1.29 is 9.47 Å². The van der Waals surface area contributed by atoms with Gasteiger partial charge in [-0.15, -0.1) is 0 Å². The Morgan fingerprint density at radius 1 is 1.04 bits per heavy atom. The molecule has 23 heavy (non-hydrogen) atoms. The lowest BCUT2D eigenvalue weighted by atomic mass is 9.62. The van der Waals surface area contributed by atoms with Crippen molar-refractivity contribution in [2.45, 2.75) is 50.5 Å². The Morgan fingerprint density at radius 2 is 1.70 bits per heavy atom. The van der Waals surface area contributed by atoms with Gasteiger partial charge < -0.3 is 15.2 Å². The summed E-state index contributed by atoms with van der Waals surface area (Å²) in [4.78, 5) is 4.03. The first-order chi connectivity index (χ1) is 11.3. The third-order valence-electron chi connectivity index (χ3n) is 5.75. The molecule has 1 aromatic carbocycles. The van der Waals surface area contributed by atoms with Crippen molar-refractivity contribution in [1.82, 2.24) is 0 Å². The predicted molar refractivity (Wildman–Crippen MR) is 90.7 cm³/mol. The highest BCUT2D eigenvalue weighted by atomic mass is 16.5. The average Bonchev–Trinajstić information content (AvgIpc) is 2.98. The molecule has 124 valence electrons. The highest BCUT2D eigenvalue weighted by molar-refractivity contribution is 5.73. The van der Waals surface area contributed by atoms with Gasteiger partial charge in [0.1, 0.15) is 12.4 Å². The van der Waals surface area contributed by atoms with Gasteiger partial charge in [0.05, 0.1) is 6.54 Å². The maximum absolute atomic E-state index is 5.82. The molecule has 2 saturated carbocycles. The standard InChI is InChI=1S/C19H26N2O2/c20-19-21-11-17(23-19)12-22-16-9-7-15(8-10-16)18-13-3-1-4-14(18)6-2-5-13/h7-10,13-14,17-18H,1-6,11-12H2,(H2,20,21)/t13?,14?,17-,18?/m0/s1. The summed E-state index contributed by atoms with van der Waals surface area (Å²) < 4.78 is 11.2. The molecular formula is C19H26N2O2. The van der Waals surface area contributed by atoms with Crippen LogP contribution < -0.4 is 10.5 Å². The summed E-state index contributed by atoms with van der Waals surface area (Å²) in [6, 6.07) is 9.05. The zero-order valence-corrected chi connectivity index (χ0v) is 13.6. The number of aliphatic imine (C=N–C) groups is 1. The Labute approximate surface area is 138 Å². The second-order valence-corrected chi connectivity index (χ2v) is 7.21. The largest absolute Gasteiger partial charge is 0.490 e. The molecule has 1 aliphatic heterocycles. The molecule has 2 N–H and O–H groups in total. The molecule has 2 aliphatic carbocycles. The monoisotopic (exact) mass is 314 g/mol. The molecule has 4 rings (SSSR count). The van der Waals surface area contributed by atoms with E-state index in [1.807, 2.05) is 0 Å². The molecule has 0 amide bonds. The number of rotatable bonds is 4. The van der Waals surface area contributed by atoms with E-state index >= 15 is 0 Å². The molecule has 1 atom stereocenters. The number of fused-ring (bicyclic) bond motifs is 2. The maximum Gasteiger partial charge on any atom is 0.282 e. The van der Waals surface area contributed by atoms with Gasteiger partial charge in [-0.2, -0.15) is 0 Å². The van der Waals surface area contributed by atoms with Crippen LogP contribution in [-0.4, -0.2) is 25.3 Å². The van der Waals surface area contributed by atoms with E-state index < -0.39 is 0 Å². The van der Waals surface area contributed by atoms with E-state index in [0.717, 1.165) is 23.5 Å². The van der Waals surface area contributed by atoms with Gasteiger partial charge in [0, 0.05) is 0 Å². The van der Waals surface area contributed by atoms with Crippen LogP contribution in [-0.2, 0) is 4.74 Å². The van der Waals surface area contributed by atoms with E-state index in [0.29, 0.717) is 13.2 Å². The van der Waals surface area contributed by atoms with Gasteiger partial charge in [-0.1, -0.05) is 25.0 Å². The van der Waals surface area contributed by atoms with E-state index in [1.54, 1.807) is 0 Å². The number of hydrogen-bond donors (Lipinski definition) is 1. The fourth-order valence-electron chi connectivity index (χ4n) is 4.72. The zero-order chi connectivity index (χ0) is 15.6. The molecule has 0 spiro atoms. The lowest BCUT2D eigenvalue weighted by molar-refractivity contribution is 0.141. The van der Waals surface area contributed by atoms with Crippen LogP contribution in [0.4, 0.5) is 0 Å².